The third-order valence-corrected chi connectivity index (χ3v) is 7.87. The molecular weight excluding hydrogens is 518 g/mol. The van der Waals surface area contributed by atoms with E-state index in [1.807, 2.05) is 34.9 Å². The van der Waals surface area contributed by atoms with Gasteiger partial charge in [0.2, 0.25) is 0 Å². The molecule has 3 unspecified atom stereocenters. The monoisotopic (exact) mass is 535 g/mol. The maximum atomic E-state index is 13.6. The van der Waals surface area contributed by atoms with Crippen molar-refractivity contribution in [3.05, 3.63) is 105 Å². The van der Waals surface area contributed by atoms with Gasteiger partial charge in [-0.25, -0.2) is 9.97 Å². The van der Waals surface area contributed by atoms with Crippen molar-refractivity contribution in [2.75, 3.05) is 0 Å². The second kappa shape index (κ2) is 8.05. The van der Waals surface area contributed by atoms with E-state index < -0.39 is 0 Å². The van der Waals surface area contributed by atoms with Crippen molar-refractivity contribution in [1.29, 1.82) is 0 Å². The maximum Gasteiger partial charge on any atom is 0.266 e. The summed E-state index contributed by atoms with van der Waals surface area (Å²) >= 11 is 6.34. The van der Waals surface area contributed by atoms with Crippen molar-refractivity contribution >= 4 is 22.6 Å². The first kappa shape index (κ1) is 22.1. The number of tetrazole rings is 1. The van der Waals surface area contributed by atoms with E-state index in [4.69, 9.17) is 11.6 Å². The summed E-state index contributed by atoms with van der Waals surface area (Å²) in [6, 6.07) is 14.6. The second-order valence-corrected chi connectivity index (χ2v) is 10.3. The van der Waals surface area contributed by atoms with Crippen molar-refractivity contribution in [3.63, 3.8) is 0 Å². The number of nitrogens with zero attached hydrogens (tertiary/aromatic N) is 7. The summed E-state index contributed by atoms with van der Waals surface area (Å²) in [5, 5.41) is 12.1. The highest BCUT2D eigenvalue weighted by atomic mass is 35.5. The average Bonchev–Trinajstić information content (AvgIpc) is 3.28. The van der Waals surface area contributed by atoms with Crippen molar-refractivity contribution in [2.24, 2.45) is 5.92 Å². The number of imidazole rings is 1. The summed E-state index contributed by atoms with van der Waals surface area (Å²) in [4.78, 5) is 40.3. The Hall–Kier alpha value is -4.90. The molecule has 4 aromatic heterocycles. The second-order valence-electron chi connectivity index (χ2n) is 9.91. The topological polar surface area (TPSA) is 140 Å². The van der Waals surface area contributed by atoms with E-state index >= 15 is 0 Å². The van der Waals surface area contributed by atoms with Crippen LogP contribution in [-0.4, -0.2) is 44.7 Å². The highest BCUT2D eigenvalue weighted by Gasteiger charge is 2.54. The zero-order valence-corrected chi connectivity index (χ0v) is 20.9. The summed E-state index contributed by atoms with van der Waals surface area (Å²) in [6.07, 6.45) is 5.55. The summed E-state index contributed by atoms with van der Waals surface area (Å²) < 4.78 is 3.42. The zero-order valence-electron chi connectivity index (χ0n) is 20.1. The van der Waals surface area contributed by atoms with Gasteiger partial charge in [0, 0.05) is 33.8 Å². The lowest BCUT2D eigenvalue weighted by molar-refractivity contribution is 0.515. The van der Waals surface area contributed by atoms with Gasteiger partial charge in [0.25, 0.3) is 11.1 Å². The van der Waals surface area contributed by atoms with Gasteiger partial charge < -0.3 is 14.5 Å². The van der Waals surface area contributed by atoms with Crippen LogP contribution in [0.4, 0.5) is 0 Å². The van der Waals surface area contributed by atoms with E-state index in [0.717, 1.165) is 46.0 Å². The van der Waals surface area contributed by atoms with Crippen LogP contribution in [0.5, 0.6) is 0 Å². The Morgan fingerprint density at radius 3 is 2.74 bits per heavy atom. The van der Waals surface area contributed by atoms with Gasteiger partial charge in [-0.3, -0.25) is 9.59 Å². The van der Waals surface area contributed by atoms with Crippen LogP contribution in [0.1, 0.15) is 29.9 Å². The van der Waals surface area contributed by atoms with Crippen LogP contribution in [0.2, 0.25) is 5.02 Å². The van der Waals surface area contributed by atoms with E-state index in [1.165, 1.54) is 12.5 Å². The molecule has 12 heteroatoms. The lowest BCUT2D eigenvalue weighted by Gasteiger charge is -2.18. The van der Waals surface area contributed by atoms with E-state index in [9.17, 15) is 9.59 Å². The molecule has 2 N–H and O–H groups in total. The number of hydrogen-bond acceptors (Lipinski definition) is 7. The average molecular weight is 536 g/mol. The quantitative estimate of drug-likeness (QED) is 0.352. The van der Waals surface area contributed by atoms with Crippen LogP contribution in [0.15, 0.2) is 76.8 Å². The van der Waals surface area contributed by atoms with Gasteiger partial charge in [-0.2, -0.15) is 4.68 Å². The molecule has 3 atom stereocenters. The highest BCUT2D eigenvalue weighted by Crippen LogP contribution is 2.60. The van der Waals surface area contributed by atoms with E-state index in [-0.39, 0.29) is 23.1 Å². The molecule has 0 spiro atoms. The molecule has 2 aliphatic rings. The third-order valence-electron chi connectivity index (χ3n) is 7.63. The minimum absolute atomic E-state index is 0.0980. The van der Waals surface area contributed by atoms with Crippen molar-refractivity contribution < 1.29 is 0 Å². The number of rotatable bonds is 4. The van der Waals surface area contributed by atoms with Crippen LogP contribution in [0, 0.1) is 5.92 Å². The number of H-pyrrole nitrogens is 2. The fourth-order valence-corrected chi connectivity index (χ4v) is 5.98. The molecule has 0 bridgehead atoms. The number of fused-ring (bicyclic) bond motifs is 4. The van der Waals surface area contributed by atoms with Crippen LogP contribution < -0.4 is 11.1 Å². The Balaban J connectivity index is 1.19. The third kappa shape index (κ3) is 3.47. The Morgan fingerprint density at radius 2 is 1.87 bits per heavy atom. The van der Waals surface area contributed by atoms with Gasteiger partial charge in [-0.05, 0) is 64.7 Å². The first-order chi connectivity index (χ1) is 19.0. The van der Waals surface area contributed by atoms with Crippen molar-refractivity contribution in [1.82, 2.24) is 44.7 Å². The van der Waals surface area contributed by atoms with E-state index in [0.29, 0.717) is 22.0 Å². The number of pyridine rings is 1. The molecule has 1 aliphatic carbocycles. The molecule has 190 valence electrons. The van der Waals surface area contributed by atoms with Crippen LogP contribution in [0.3, 0.4) is 0 Å². The fourth-order valence-electron chi connectivity index (χ4n) is 5.81. The zero-order chi connectivity index (χ0) is 26.2. The molecule has 1 aliphatic heterocycles. The number of aromatic nitrogens is 9. The number of nitrogens with one attached hydrogen (secondary N) is 2. The van der Waals surface area contributed by atoms with Crippen molar-refractivity contribution in [2.45, 2.75) is 18.4 Å². The van der Waals surface area contributed by atoms with Gasteiger partial charge in [0.1, 0.15) is 12.2 Å². The lowest BCUT2D eigenvalue weighted by Crippen LogP contribution is -2.26. The molecule has 1 fully saturated rings. The summed E-state index contributed by atoms with van der Waals surface area (Å²) in [7, 11) is 0. The Kier molecular flexibility index (Phi) is 4.56. The van der Waals surface area contributed by atoms with Gasteiger partial charge in [0.15, 0.2) is 0 Å². The van der Waals surface area contributed by atoms with Crippen LogP contribution in [0.25, 0.3) is 39.1 Å². The van der Waals surface area contributed by atoms with Gasteiger partial charge in [0.05, 0.1) is 40.9 Å². The Labute approximate surface area is 224 Å². The summed E-state index contributed by atoms with van der Waals surface area (Å²) in [6.45, 7) is 0. The molecule has 0 radical (unpaired) electrons. The van der Waals surface area contributed by atoms with Gasteiger partial charge >= 0.3 is 0 Å². The molecule has 2 aromatic carbocycles. The van der Waals surface area contributed by atoms with Gasteiger partial charge in [-0.15, -0.1) is 5.10 Å². The first-order valence-electron chi connectivity index (χ1n) is 12.4. The Morgan fingerprint density at radius 1 is 0.949 bits per heavy atom. The molecule has 1 saturated carbocycles. The van der Waals surface area contributed by atoms with Crippen molar-refractivity contribution in [3.8, 4) is 28.1 Å². The first-order valence-corrected chi connectivity index (χ1v) is 12.8. The SMILES string of the molecule is O=c1cnc2cc(-c3cnc(C4C5CC5c5cc(-c6cc(Cl)ccc6-n6cnnn6)cc(=O)n54)[nH]3)ccc2[nH]1. The molecule has 0 amide bonds. The summed E-state index contributed by atoms with van der Waals surface area (Å²) in [5.74, 6) is 1.33. The van der Waals surface area contributed by atoms with Crippen LogP contribution in [-0.2, 0) is 0 Å². The number of halogens is 1. The van der Waals surface area contributed by atoms with Gasteiger partial charge in [-0.1, -0.05) is 17.7 Å². The van der Waals surface area contributed by atoms with E-state index in [2.05, 4.69) is 41.5 Å². The summed E-state index contributed by atoms with van der Waals surface area (Å²) in [5.41, 5.74) is 6.00. The smallest absolute Gasteiger partial charge is 0.266 e. The van der Waals surface area contributed by atoms with E-state index in [1.54, 1.807) is 23.0 Å². The largest absolute Gasteiger partial charge is 0.340 e. The minimum Gasteiger partial charge on any atom is -0.340 e. The molecule has 6 aromatic rings. The molecule has 39 heavy (non-hydrogen) atoms. The molecule has 8 rings (SSSR count). The highest BCUT2D eigenvalue weighted by molar-refractivity contribution is 6.31. The Bertz CT molecular complexity index is 2040. The minimum atomic E-state index is -0.242. The number of benzene rings is 2. The normalized spacial score (nSPS) is 19.3. The number of hydrogen-bond donors (Lipinski definition) is 2. The molecular formula is C27H18ClN9O2. The standard InChI is InChI=1S/C27H18ClN9O2/c28-15-2-4-22(36-12-31-34-35-36)16(8-15)14-6-23-17-9-18(17)26(37(23)25(39)7-14)27-30-10-21(33-27)13-1-3-19-20(5-13)29-11-24(38)32-19/h1-8,10-12,17-18,26H,9H2,(H,30,33)(H,32,38). The molecule has 11 nitrogen and oxygen atoms in total. The molecule has 5 heterocycles. The lowest BCUT2D eigenvalue weighted by atomic mass is 10.0. The number of aromatic amines is 2. The van der Waals surface area contributed by atoms with Crippen LogP contribution >= 0.6 is 11.6 Å². The predicted octanol–water partition coefficient (Wildman–Crippen LogP) is 3.48. The maximum absolute atomic E-state index is 13.6. The fraction of sp³-hybridized carbons (Fsp3) is 0.148. The predicted molar refractivity (Wildman–Crippen MR) is 143 cm³/mol. The molecule has 0 saturated heterocycles.